The van der Waals surface area contributed by atoms with E-state index in [0.29, 0.717) is 17.8 Å². The molecule has 0 bridgehead atoms. The van der Waals surface area contributed by atoms with Gasteiger partial charge in [0, 0.05) is 24.2 Å². The van der Waals surface area contributed by atoms with Crippen LogP contribution in [0.4, 0.5) is 0 Å². The first kappa shape index (κ1) is 11.4. The Labute approximate surface area is 98.9 Å². The van der Waals surface area contributed by atoms with E-state index >= 15 is 0 Å². The highest BCUT2D eigenvalue weighted by atomic mass is 16.5. The van der Waals surface area contributed by atoms with Crippen molar-refractivity contribution < 1.29 is 9.53 Å². The van der Waals surface area contributed by atoms with Gasteiger partial charge in [0.15, 0.2) is 5.65 Å². The van der Waals surface area contributed by atoms with Gasteiger partial charge in [-0.3, -0.25) is 0 Å². The topological polar surface area (TPSA) is 65.0 Å². The third-order valence-corrected chi connectivity index (χ3v) is 2.31. The molecular formula is C12H13N3O2. The van der Waals surface area contributed by atoms with E-state index in [1.165, 1.54) is 6.20 Å². The van der Waals surface area contributed by atoms with E-state index in [1.807, 2.05) is 6.92 Å². The molecule has 0 amide bonds. The molecule has 5 heteroatoms. The number of carbonyl (C=O) groups excluding carboxylic acids is 1. The minimum Gasteiger partial charge on any atom is -0.462 e. The van der Waals surface area contributed by atoms with Gasteiger partial charge in [0.25, 0.3) is 0 Å². The largest absolute Gasteiger partial charge is 0.462 e. The Morgan fingerprint density at radius 2 is 2.12 bits per heavy atom. The number of aryl methyl sites for hydroxylation is 1. The fraction of sp³-hybridized carbons (Fsp3) is 0.333. The molecule has 0 radical (unpaired) electrons. The van der Waals surface area contributed by atoms with E-state index in [-0.39, 0.29) is 5.97 Å². The van der Waals surface area contributed by atoms with Crippen molar-refractivity contribution in [2.24, 2.45) is 0 Å². The Hall–Kier alpha value is -2.04. The molecule has 88 valence electrons. The summed E-state index contributed by atoms with van der Waals surface area (Å²) < 4.78 is 4.90. The highest BCUT2D eigenvalue weighted by Gasteiger charge is 2.08. The molecule has 0 saturated carbocycles. The third kappa shape index (κ3) is 2.38. The van der Waals surface area contributed by atoms with E-state index in [4.69, 9.17) is 4.74 Å². The van der Waals surface area contributed by atoms with Gasteiger partial charge in [0.1, 0.15) is 5.82 Å². The zero-order valence-electron chi connectivity index (χ0n) is 9.80. The predicted molar refractivity (Wildman–Crippen MR) is 62.7 cm³/mol. The first-order chi connectivity index (χ1) is 8.24. The van der Waals surface area contributed by atoms with Crippen molar-refractivity contribution in [2.45, 2.75) is 20.3 Å². The van der Waals surface area contributed by atoms with Crippen LogP contribution in [-0.2, 0) is 11.2 Å². The number of carbonyl (C=O) groups is 1. The van der Waals surface area contributed by atoms with Crippen LogP contribution >= 0.6 is 0 Å². The normalized spacial score (nSPS) is 10.5. The Morgan fingerprint density at radius 3 is 2.82 bits per heavy atom. The number of aromatic nitrogens is 3. The zero-order valence-corrected chi connectivity index (χ0v) is 9.80. The van der Waals surface area contributed by atoms with Crippen molar-refractivity contribution in [1.82, 2.24) is 15.0 Å². The lowest BCUT2D eigenvalue weighted by molar-refractivity contribution is 0.0526. The van der Waals surface area contributed by atoms with E-state index in [0.717, 1.165) is 17.6 Å². The Bertz CT molecular complexity index is 554. The molecule has 0 spiro atoms. The maximum atomic E-state index is 11.5. The summed E-state index contributed by atoms with van der Waals surface area (Å²) >= 11 is 0. The number of ether oxygens (including phenoxy) is 1. The molecule has 0 aromatic carbocycles. The van der Waals surface area contributed by atoms with Gasteiger partial charge in [-0.25, -0.2) is 19.7 Å². The van der Waals surface area contributed by atoms with Crippen molar-refractivity contribution in [3.63, 3.8) is 0 Å². The number of hydrogen-bond donors (Lipinski definition) is 0. The predicted octanol–water partition coefficient (Wildman–Crippen LogP) is 1.76. The van der Waals surface area contributed by atoms with Gasteiger partial charge in [-0.1, -0.05) is 6.92 Å². The Balaban J connectivity index is 2.41. The summed E-state index contributed by atoms with van der Waals surface area (Å²) in [5, 5.41) is 0.743. The lowest BCUT2D eigenvalue weighted by Gasteiger charge is -2.03. The number of pyridine rings is 1. The van der Waals surface area contributed by atoms with Gasteiger partial charge in [-0.15, -0.1) is 0 Å². The maximum absolute atomic E-state index is 11.5. The second kappa shape index (κ2) is 4.86. The molecule has 2 aromatic heterocycles. The third-order valence-electron chi connectivity index (χ3n) is 2.31. The fourth-order valence-electron chi connectivity index (χ4n) is 1.45. The zero-order chi connectivity index (χ0) is 12.3. The minimum atomic E-state index is -0.374. The summed E-state index contributed by atoms with van der Waals surface area (Å²) in [7, 11) is 0. The summed E-state index contributed by atoms with van der Waals surface area (Å²) in [4.78, 5) is 24.1. The molecule has 0 aliphatic heterocycles. The fourth-order valence-corrected chi connectivity index (χ4v) is 1.45. The standard InChI is InChI=1S/C12H13N3O2/c1-3-10-13-6-8-5-9(12(16)17-4-2)7-14-11(8)15-10/h5-7H,3-4H2,1-2H3. The van der Waals surface area contributed by atoms with E-state index in [9.17, 15) is 4.79 Å². The molecule has 0 aliphatic rings. The van der Waals surface area contributed by atoms with Crippen LogP contribution in [0.3, 0.4) is 0 Å². The molecule has 5 nitrogen and oxygen atoms in total. The van der Waals surface area contributed by atoms with Crippen molar-refractivity contribution in [3.8, 4) is 0 Å². The highest BCUT2D eigenvalue weighted by Crippen LogP contribution is 2.11. The van der Waals surface area contributed by atoms with Crippen molar-refractivity contribution in [3.05, 3.63) is 29.8 Å². The SMILES string of the molecule is CCOC(=O)c1cnc2nc(CC)ncc2c1. The number of rotatable bonds is 3. The second-order valence-electron chi connectivity index (χ2n) is 3.50. The molecule has 2 rings (SSSR count). The summed E-state index contributed by atoms with van der Waals surface area (Å²) in [5.74, 6) is 0.371. The number of hydrogen-bond acceptors (Lipinski definition) is 5. The van der Waals surface area contributed by atoms with Gasteiger partial charge >= 0.3 is 5.97 Å². The lowest BCUT2D eigenvalue weighted by Crippen LogP contribution is -2.05. The summed E-state index contributed by atoms with van der Waals surface area (Å²) in [6.07, 6.45) is 3.92. The molecule has 0 N–H and O–H groups in total. The molecule has 0 atom stereocenters. The summed E-state index contributed by atoms with van der Waals surface area (Å²) in [5.41, 5.74) is 1.03. The Kier molecular flexibility index (Phi) is 3.27. The first-order valence-electron chi connectivity index (χ1n) is 5.53. The van der Waals surface area contributed by atoms with Gasteiger partial charge in [0.2, 0.25) is 0 Å². The van der Waals surface area contributed by atoms with Gasteiger partial charge in [-0.2, -0.15) is 0 Å². The van der Waals surface area contributed by atoms with Crippen LogP contribution in [0.1, 0.15) is 30.0 Å². The monoisotopic (exact) mass is 231 g/mol. The van der Waals surface area contributed by atoms with Crippen LogP contribution < -0.4 is 0 Å². The van der Waals surface area contributed by atoms with E-state index in [1.54, 1.807) is 19.2 Å². The lowest BCUT2D eigenvalue weighted by atomic mass is 10.2. The average Bonchev–Trinajstić information content (AvgIpc) is 2.37. The van der Waals surface area contributed by atoms with Crippen LogP contribution in [0.5, 0.6) is 0 Å². The van der Waals surface area contributed by atoms with Crippen LogP contribution in [-0.4, -0.2) is 27.5 Å². The second-order valence-corrected chi connectivity index (χ2v) is 3.50. The van der Waals surface area contributed by atoms with Crippen LogP contribution in [0.25, 0.3) is 11.0 Å². The number of fused-ring (bicyclic) bond motifs is 1. The van der Waals surface area contributed by atoms with E-state index < -0.39 is 0 Å². The quantitative estimate of drug-likeness (QED) is 0.753. The highest BCUT2D eigenvalue weighted by molar-refractivity contribution is 5.92. The maximum Gasteiger partial charge on any atom is 0.339 e. The van der Waals surface area contributed by atoms with Crippen LogP contribution in [0.2, 0.25) is 0 Å². The number of esters is 1. The summed E-state index contributed by atoms with van der Waals surface area (Å²) in [6, 6.07) is 1.69. The number of nitrogens with zero attached hydrogens (tertiary/aromatic N) is 3. The molecule has 2 aromatic rings. The van der Waals surface area contributed by atoms with Crippen molar-refractivity contribution in [1.29, 1.82) is 0 Å². The summed E-state index contributed by atoms with van der Waals surface area (Å²) in [6.45, 7) is 4.10. The minimum absolute atomic E-state index is 0.349. The molecule has 2 heterocycles. The van der Waals surface area contributed by atoms with Crippen molar-refractivity contribution >= 4 is 17.0 Å². The van der Waals surface area contributed by atoms with Gasteiger partial charge in [0.05, 0.1) is 12.2 Å². The molecule has 0 aliphatic carbocycles. The first-order valence-corrected chi connectivity index (χ1v) is 5.53. The van der Waals surface area contributed by atoms with Crippen LogP contribution in [0, 0.1) is 0 Å². The average molecular weight is 231 g/mol. The Morgan fingerprint density at radius 1 is 1.29 bits per heavy atom. The van der Waals surface area contributed by atoms with Crippen LogP contribution in [0.15, 0.2) is 18.5 Å². The molecular weight excluding hydrogens is 218 g/mol. The molecule has 0 saturated heterocycles. The molecule has 0 unspecified atom stereocenters. The van der Waals surface area contributed by atoms with Gasteiger partial charge in [-0.05, 0) is 13.0 Å². The van der Waals surface area contributed by atoms with Gasteiger partial charge < -0.3 is 4.74 Å². The van der Waals surface area contributed by atoms with Crippen molar-refractivity contribution in [2.75, 3.05) is 6.61 Å². The smallest absolute Gasteiger partial charge is 0.339 e. The van der Waals surface area contributed by atoms with E-state index in [2.05, 4.69) is 15.0 Å². The molecule has 0 fully saturated rings. The molecule has 17 heavy (non-hydrogen) atoms.